The van der Waals surface area contributed by atoms with E-state index in [4.69, 9.17) is 0 Å². The third kappa shape index (κ3) is 2.50. The van der Waals surface area contributed by atoms with E-state index in [1.54, 1.807) is 0 Å². The number of hydrogen-bond donors (Lipinski definition) is 0. The van der Waals surface area contributed by atoms with E-state index in [1.165, 1.54) is 0 Å². The fourth-order valence-electron chi connectivity index (χ4n) is 1.24. The molecule has 0 heterocycles. The molecule has 13 heteroatoms. The van der Waals surface area contributed by atoms with Gasteiger partial charge in [0.15, 0.2) is 17.2 Å². The van der Waals surface area contributed by atoms with Gasteiger partial charge in [-0.2, -0.15) is 17.6 Å². The maximum absolute atomic E-state index is 13.1. The Balaban J connectivity index is 0. The van der Waals surface area contributed by atoms with Crippen molar-refractivity contribution in [2.24, 2.45) is 0 Å². The van der Waals surface area contributed by atoms with Crippen molar-refractivity contribution < 1.29 is 82.9 Å². The Bertz CT molecular complexity index is 378. The van der Waals surface area contributed by atoms with E-state index in [9.17, 15) is 45.2 Å². The summed E-state index contributed by atoms with van der Waals surface area (Å²) < 4.78 is 101. The zero-order valence-corrected chi connectivity index (χ0v) is 9.49. The Morgan fingerprint density at radius 2 is 1.32 bits per heavy atom. The fraction of sp³-hybridized carbons (Fsp3) is 0.667. The van der Waals surface area contributed by atoms with Gasteiger partial charge in [0.2, 0.25) is 6.17 Å². The molecule has 0 fully saturated rings. The van der Waals surface area contributed by atoms with Crippen molar-refractivity contribution in [1.29, 1.82) is 0 Å². The average Bonchev–Trinajstić information content (AvgIpc) is 2.22. The molecule has 1 rings (SSSR count). The molecular weight excluding hydrogens is 281 g/mol. The van der Waals surface area contributed by atoms with E-state index in [0.717, 1.165) is 0 Å². The van der Waals surface area contributed by atoms with E-state index in [1.807, 2.05) is 0 Å². The van der Waals surface area contributed by atoms with Crippen LogP contribution in [0.5, 0.6) is 0 Å². The van der Waals surface area contributed by atoms with Gasteiger partial charge in [0.1, 0.15) is 0 Å². The first-order valence-corrected chi connectivity index (χ1v) is 3.88. The molecule has 0 aromatic heterocycles. The van der Waals surface area contributed by atoms with Gasteiger partial charge >= 0.3 is 49.6 Å². The summed E-state index contributed by atoms with van der Waals surface area (Å²) in [5, 5.41) is 20.1. The van der Waals surface area contributed by atoms with Crippen LogP contribution in [0.3, 0.4) is 0 Å². The molecule has 2 nitrogen and oxygen atoms in total. The van der Waals surface area contributed by atoms with Crippen LogP contribution in [0.15, 0.2) is 11.7 Å². The van der Waals surface area contributed by atoms with Crippen LogP contribution in [-0.4, -0.2) is 30.7 Å². The Morgan fingerprint density at radius 1 is 0.947 bits per heavy atom. The first kappa shape index (κ1) is 21.7. The second-order valence-corrected chi connectivity index (χ2v) is 3.27. The number of hydrogen-bond acceptors (Lipinski definition) is 2. The van der Waals surface area contributed by atoms with Gasteiger partial charge in [-0.05, 0) is 7.12 Å². The first-order valence-electron chi connectivity index (χ1n) is 3.88. The summed E-state index contributed by atoms with van der Waals surface area (Å²) in [6.07, 6.45) is -4.47. The molecule has 0 spiro atoms. The van der Waals surface area contributed by atoms with Gasteiger partial charge in [-0.3, -0.25) is 0 Å². The van der Waals surface area contributed by atoms with Gasteiger partial charge < -0.3 is 10.0 Å². The smallest absolute Gasteiger partial charge is 0.890 e. The van der Waals surface area contributed by atoms with Crippen LogP contribution in [0.4, 0.5) is 35.1 Å². The fourth-order valence-corrected chi connectivity index (χ4v) is 1.24. The number of alkyl halides is 6. The summed E-state index contributed by atoms with van der Waals surface area (Å²) >= 11 is 0. The molecule has 98 valence electrons. The largest absolute Gasteiger partial charge is 1.00 e. The normalized spacial score (nSPS) is 32.2. The van der Waals surface area contributed by atoms with Crippen LogP contribution in [0.1, 0.15) is 0 Å². The zero-order valence-electron chi connectivity index (χ0n) is 9.49. The first-order chi connectivity index (χ1) is 7.42. The Hall–Kier alpha value is 0.360. The van der Waals surface area contributed by atoms with Crippen molar-refractivity contribution in [3.8, 4) is 0 Å². The van der Waals surface area contributed by atoms with Gasteiger partial charge in [-0.1, -0.05) is 0 Å². The van der Waals surface area contributed by atoms with Crippen molar-refractivity contribution in [1.82, 2.24) is 0 Å². The van der Waals surface area contributed by atoms with Crippen molar-refractivity contribution in [3.63, 3.8) is 0 Å². The number of allylic oxidation sites excluding steroid dienone is 2. The van der Waals surface area contributed by atoms with Crippen LogP contribution >= 0.6 is 0 Å². The molecule has 2 unspecified atom stereocenters. The molecule has 0 radical (unpaired) electrons. The maximum Gasteiger partial charge on any atom is 1.00 e. The molecule has 0 bridgehead atoms. The zero-order chi connectivity index (χ0) is 13.8. The molecule has 0 aromatic carbocycles. The molecule has 0 aliphatic heterocycles. The third-order valence-corrected chi connectivity index (χ3v) is 2.27. The van der Waals surface area contributed by atoms with E-state index >= 15 is 0 Å². The molecule has 0 aromatic rings. The summed E-state index contributed by atoms with van der Waals surface area (Å²) in [4.78, 5) is 0. The predicted octanol–water partition coefficient (Wildman–Crippen LogP) is -5.78. The summed E-state index contributed by atoms with van der Waals surface area (Å²) in [6.45, 7) is 0. The van der Waals surface area contributed by atoms with Crippen LogP contribution in [-0.2, 0) is 0 Å². The van der Waals surface area contributed by atoms with Gasteiger partial charge in [-0.25, -0.2) is 17.6 Å². The summed E-state index contributed by atoms with van der Waals surface area (Å²) in [5.74, 6) is -19.0. The van der Waals surface area contributed by atoms with E-state index < -0.39 is 42.4 Å². The Labute approximate surface area is 125 Å². The quantitative estimate of drug-likeness (QED) is 0.355. The molecule has 0 saturated carbocycles. The van der Waals surface area contributed by atoms with E-state index in [0.29, 0.717) is 0 Å². The van der Waals surface area contributed by atoms with E-state index in [-0.39, 0.29) is 37.7 Å². The Kier molecular flexibility index (Phi) is 6.84. The number of halogens is 8. The number of rotatable bonds is 1. The third-order valence-electron chi connectivity index (χ3n) is 2.27. The molecule has 0 N–H and O–H groups in total. The molecule has 0 saturated heterocycles. The van der Waals surface area contributed by atoms with Crippen molar-refractivity contribution in [2.45, 2.75) is 23.6 Å². The average molecular weight is 282 g/mol. The van der Waals surface area contributed by atoms with Crippen molar-refractivity contribution in [3.05, 3.63) is 11.7 Å². The molecule has 1 aliphatic carbocycles. The molecular formula is C6HBF8Li2O2. The minimum Gasteiger partial charge on any atom is -0.890 e. The van der Waals surface area contributed by atoms with Crippen molar-refractivity contribution >= 4 is 7.12 Å². The SMILES string of the molecule is [Li+].[Li+].[O-]B([O-])C1(F)C(F)=C(F)C(F)C(F)(F)C1(F)F. The van der Waals surface area contributed by atoms with Crippen LogP contribution in [0.2, 0.25) is 0 Å². The second kappa shape index (κ2) is 6.00. The predicted molar refractivity (Wildman–Crippen MR) is 33.6 cm³/mol. The van der Waals surface area contributed by atoms with Gasteiger partial charge in [0, 0.05) is 0 Å². The topological polar surface area (TPSA) is 46.1 Å². The summed E-state index contributed by atoms with van der Waals surface area (Å²) in [5.41, 5.74) is -5.68. The molecule has 1 aliphatic rings. The second-order valence-electron chi connectivity index (χ2n) is 3.27. The standard InChI is InChI=1S/C6HBF8O2.2Li/c8-1-2(9)4(11,7(16)17)6(14,15)5(12,13)3(1)10;;/h3H;;/q-2;2*+1. The minimum atomic E-state index is -6.30. The van der Waals surface area contributed by atoms with Gasteiger partial charge in [-0.15, -0.1) is 0 Å². The van der Waals surface area contributed by atoms with Gasteiger partial charge in [0.25, 0.3) is 0 Å². The molecule has 2 atom stereocenters. The summed E-state index contributed by atoms with van der Waals surface area (Å²) in [6, 6.07) is 0. The van der Waals surface area contributed by atoms with Crippen LogP contribution in [0.25, 0.3) is 0 Å². The van der Waals surface area contributed by atoms with Crippen LogP contribution in [0, 0.1) is 0 Å². The van der Waals surface area contributed by atoms with Crippen molar-refractivity contribution in [2.75, 3.05) is 0 Å². The molecule has 0 amide bonds. The maximum atomic E-state index is 13.1. The Morgan fingerprint density at radius 3 is 1.63 bits per heavy atom. The minimum absolute atomic E-state index is 0. The van der Waals surface area contributed by atoms with E-state index in [2.05, 4.69) is 0 Å². The van der Waals surface area contributed by atoms with Crippen LogP contribution < -0.4 is 47.8 Å². The monoisotopic (exact) mass is 282 g/mol. The molecule has 19 heavy (non-hydrogen) atoms. The summed E-state index contributed by atoms with van der Waals surface area (Å²) in [7, 11) is -4.50. The van der Waals surface area contributed by atoms with Gasteiger partial charge in [0.05, 0.1) is 0 Å².